The highest BCUT2D eigenvalue weighted by atomic mass is 15.5. The van der Waals surface area contributed by atoms with Crippen molar-refractivity contribution in [3.8, 4) is 11.3 Å². The monoisotopic (exact) mass is 413 g/mol. The zero-order valence-corrected chi connectivity index (χ0v) is 17.4. The molecule has 3 heterocycles. The van der Waals surface area contributed by atoms with Crippen LogP contribution in [-0.4, -0.2) is 46.1 Å². The number of nitrogens with zero attached hydrogens (tertiary/aromatic N) is 3. The fourth-order valence-corrected chi connectivity index (χ4v) is 3.90. The van der Waals surface area contributed by atoms with E-state index < -0.39 is 0 Å². The van der Waals surface area contributed by atoms with Gasteiger partial charge in [0.05, 0.1) is 0 Å². The summed E-state index contributed by atoms with van der Waals surface area (Å²) >= 11 is 0. The third-order valence-corrected chi connectivity index (χ3v) is 5.47. The molecule has 0 unspecified atom stereocenters. The smallest absolute Gasteiger partial charge is 0.229 e. The van der Waals surface area contributed by atoms with Gasteiger partial charge in [0.25, 0.3) is 0 Å². The van der Waals surface area contributed by atoms with Crippen molar-refractivity contribution in [2.24, 2.45) is 0 Å². The lowest BCUT2D eigenvalue weighted by molar-refractivity contribution is 0.253. The molecule has 7 heteroatoms. The Morgan fingerprint density at radius 1 is 1.03 bits per heavy atom. The van der Waals surface area contributed by atoms with Crippen LogP contribution in [0.3, 0.4) is 0 Å². The maximum Gasteiger partial charge on any atom is 0.229 e. The topological polar surface area (TPSA) is 80.9 Å². The Bertz CT molecular complexity index is 1110. The summed E-state index contributed by atoms with van der Waals surface area (Å²) < 4.78 is 0. The first-order valence-corrected chi connectivity index (χ1v) is 10.8. The Morgan fingerprint density at radius 2 is 2.00 bits per heavy atom. The number of hydrogen-bond acceptors (Lipinski definition) is 6. The van der Waals surface area contributed by atoms with Gasteiger partial charge in [-0.05, 0) is 43.2 Å². The lowest BCUT2D eigenvalue weighted by atomic mass is 10.1. The van der Waals surface area contributed by atoms with Crippen LogP contribution in [0.25, 0.3) is 22.2 Å². The van der Waals surface area contributed by atoms with E-state index in [0.29, 0.717) is 5.95 Å². The van der Waals surface area contributed by atoms with E-state index in [1.54, 1.807) is 6.20 Å². The summed E-state index contributed by atoms with van der Waals surface area (Å²) in [5.41, 5.74) is 7.68. The minimum atomic E-state index is 0.583. The third-order valence-electron chi connectivity index (χ3n) is 5.47. The molecule has 4 N–H and O–H groups in total. The quantitative estimate of drug-likeness (QED) is 0.321. The van der Waals surface area contributed by atoms with Crippen LogP contribution in [0.1, 0.15) is 12.8 Å². The number of H-pyrrole nitrogens is 1. The zero-order chi connectivity index (χ0) is 20.9. The lowest BCUT2D eigenvalue weighted by Crippen LogP contribution is -2.32. The van der Waals surface area contributed by atoms with Crippen LogP contribution in [0.15, 0.2) is 66.9 Å². The standard InChI is InChI=1S/C24H27N7/c1-2-9-21-19(6-1)17-22(29-21)18-7-3-8-20(16-18)28-24-26-13-10-23(30-24)25-11-4-14-31-15-5-12-27-31/h1-3,6-10,13,16-17,27,29H,4-5,11-12,14-15H2,(H2,25,26,28,30). The Balaban J connectivity index is 1.22. The van der Waals surface area contributed by atoms with E-state index in [-0.39, 0.29) is 0 Å². The van der Waals surface area contributed by atoms with Gasteiger partial charge in [-0.2, -0.15) is 4.98 Å². The minimum absolute atomic E-state index is 0.583. The number of fused-ring (bicyclic) bond motifs is 1. The number of para-hydroxylation sites is 1. The van der Waals surface area contributed by atoms with Crippen molar-refractivity contribution < 1.29 is 0 Å². The fraction of sp³-hybridized carbons (Fsp3) is 0.250. The number of hydrogen-bond donors (Lipinski definition) is 4. The lowest BCUT2D eigenvalue weighted by Gasteiger charge is -2.15. The molecule has 0 aliphatic carbocycles. The molecule has 31 heavy (non-hydrogen) atoms. The molecule has 4 aromatic rings. The van der Waals surface area contributed by atoms with Gasteiger partial charge in [-0.25, -0.2) is 9.99 Å². The van der Waals surface area contributed by atoms with Gasteiger partial charge >= 0.3 is 0 Å². The van der Waals surface area contributed by atoms with Crippen molar-refractivity contribution in [2.45, 2.75) is 12.8 Å². The molecule has 1 aliphatic rings. The van der Waals surface area contributed by atoms with Gasteiger partial charge in [0.1, 0.15) is 5.82 Å². The first-order chi connectivity index (χ1) is 15.3. The summed E-state index contributed by atoms with van der Waals surface area (Å²) in [4.78, 5) is 12.5. The van der Waals surface area contributed by atoms with E-state index in [1.807, 2.05) is 24.3 Å². The summed E-state index contributed by atoms with van der Waals surface area (Å²) in [6.07, 6.45) is 4.07. The van der Waals surface area contributed by atoms with E-state index in [4.69, 9.17) is 0 Å². The predicted octanol–water partition coefficient (Wildman–Crippen LogP) is 4.38. The second-order valence-corrected chi connectivity index (χ2v) is 7.77. The number of nitrogens with one attached hydrogen (secondary N) is 4. The van der Waals surface area contributed by atoms with Crippen LogP contribution in [0, 0.1) is 0 Å². The van der Waals surface area contributed by atoms with E-state index in [2.05, 4.69) is 72.4 Å². The highest BCUT2D eigenvalue weighted by molar-refractivity contribution is 5.86. The summed E-state index contributed by atoms with van der Waals surface area (Å²) in [5.74, 6) is 1.42. The average Bonchev–Trinajstić information content (AvgIpc) is 3.47. The van der Waals surface area contributed by atoms with Crippen molar-refractivity contribution in [3.05, 3.63) is 66.9 Å². The van der Waals surface area contributed by atoms with Crippen LogP contribution in [0.2, 0.25) is 0 Å². The summed E-state index contributed by atoms with van der Waals surface area (Å²) in [6.45, 7) is 4.16. The highest BCUT2D eigenvalue weighted by Gasteiger charge is 2.09. The molecule has 0 spiro atoms. The van der Waals surface area contributed by atoms with Gasteiger partial charge in [0.2, 0.25) is 5.95 Å². The molecule has 1 fully saturated rings. The van der Waals surface area contributed by atoms with E-state index in [9.17, 15) is 0 Å². The van der Waals surface area contributed by atoms with Gasteiger partial charge < -0.3 is 15.6 Å². The first kappa shape index (κ1) is 19.5. The molecule has 2 aromatic heterocycles. The maximum atomic E-state index is 4.60. The molecule has 0 bridgehead atoms. The van der Waals surface area contributed by atoms with E-state index in [1.165, 1.54) is 11.8 Å². The van der Waals surface area contributed by atoms with Gasteiger partial charge in [0, 0.05) is 60.2 Å². The third kappa shape index (κ3) is 4.84. The molecular weight excluding hydrogens is 386 g/mol. The van der Waals surface area contributed by atoms with Crippen LogP contribution in [-0.2, 0) is 0 Å². The van der Waals surface area contributed by atoms with Crippen molar-refractivity contribution in [1.29, 1.82) is 0 Å². The van der Waals surface area contributed by atoms with Crippen molar-refractivity contribution in [3.63, 3.8) is 0 Å². The molecule has 7 nitrogen and oxygen atoms in total. The SMILES string of the molecule is c1cc(Nc2nccc(NCCCN3CCCN3)n2)cc(-c2cc3ccccc3[nH]2)c1. The van der Waals surface area contributed by atoms with Crippen LogP contribution < -0.4 is 16.1 Å². The van der Waals surface area contributed by atoms with Crippen LogP contribution >= 0.6 is 0 Å². The fourth-order valence-electron chi connectivity index (χ4n) is 3.90. The molecular formula is C24H27N7. The number of aromatic amines is 1. The highest BCUT2D eigenvalue weighted by Crippen LogP contribution is 2.26. The molecule has 0 amide bonds. The van der Waals surface area contributed by atoms with Crippen molar-refractivity contribution in [1.82, 2.24) is 25.4 Å². The number of benzene rings is 2. The second-order valence-electron chi connectivity index (χ2n) is 7.77. The van der Waals surface area contributed by atoms with Gasteiger partial charge in [-0.1, -0.05) is 30.3 Å². The van der Waals surface area contributed by atoms with Crippen molar-refractivity contribution in [2.75, 3.05) is 36.8 Å². The first-order valence-electron chi connectivity index (χ1n) is 10.8. The summed E-state index contributed by atoms with van der Waals surface area (Å²) in [7, 11) is 0. The van der Waals surface area contributed by atoms with Gasteiger partial charge in [-0.15, -0.1) is 0 Å². The molecule has 5 rings (SSSR count). The van der Waals surface area contributed by atoms with Crippen LogP contribution in [0.5, 0.6) is 0 Å². The Hall–Kier alpha value is -3.42. The summed E-state index contributed by atoms with van der Waals surface area (Å²) in [6, 6.07) is 20.7. The molecule has 0 atom stereocenters. The summed E-state index contributed by atoms with van der Waals surface area (Å²) in [5, 5.41) is 10.2. The predicted molar refractivity (Wildman–Crippen MR) is 126 cm³/mol. The van der Waals surface area contributed by atoms with Crippen molar-refractivity contribution >= 4 is 28.4 Å². The number of anilines is 3. The Kier molecular flexibility index (Phi) is 5.77. The number of aromatic nitrogens is 3. The van der Waals surface area contributed by atoms with Gasteiger partial charge in [0.15, 0.2) is 0 Å². The van der Waals surface area contributed by atoms with Gasteiger partial charge in [-0.3, -0.25) is 5.43 Å². The average molecular weight is 414 g/mol. The van der Waals surface area contributed by atoms with Crippen LogP contribution in [0.4, 0.5) is 17.5 Å². The largest absolute Gasteiger partial charge is 0.370 e. The molecule has 0 saturated carbocycles. The molecule has 1 aliphatic heterocycles. The second kappa shape index (κ2) is 9.16. The zero-order valence-electron chi connectivity index (χ0n) is 17.4. The maximum absolute atomic E-state index is 4.60. The molecule has 1 saturated heterocycles. The molecule has 2 aromatic carbocycles. The molecule has 0 radical (unpaired) electrons. The normalized spacial score (nSPS) is 14.2. The minimum Gasteiger partial charge on any atom is -0.370 e. The number of hydrazine groups is 1. The van der Waals surface area contributed by atoms with E-state index >= 15 is 0 Å². The molecule has 158 valence electrons. The Morgan fingerprint density at radius 3 is 2.90 bits per heavy atom. The number of rotatable bonds is 8. The van der Waals surface area contributed by atoms with E-state index in [0.717, 1.165) is 60.9 Å². The Labute approximate surface area is 181 Å².